The summed E-state index contributed by atoms with van der Waals surface area (Å²) in [6, 6.07) is 6.18. The van der Waals surface area contributed by atoms with Gasteiger partial charge in [0.2, 0.25) is 0 Å². The van der Waals surface area contributed by atoms with Gasteiger partial charge in [0, 0.05) is 15.2 Å². The minimum atomic E-state index is -0.865. The van der Waals surface area contributed by atoms with Gasteiger partial charge in [0.15, 0.2) is 0 Å². The van der Waals surface area contributed by atoms with Gasteiger partial charge in [-0.2, -0.15) is 0 Å². The molecular weight excluding hydrogens is 200 g/mol. The summed E-state index contributed by atoms with van der Waals surface area (Å²) in [5.74, 6) is 0. The van der Waals surface area contributed by atoms with Crippen LogP contribution in [0.25, 0.3) is 0 Å². The lowest BCUT2D eigenvalue weighted by atomic mass is 10.4. The average molecular weight is 231 g/mol. The van der Waals surface area contributed by atoms with Crippen LogP contribution in [-0.4, -0.2) is 15.2 Å². The summed E-state index contributed by atoms with van der Waals surface area (Å²) >= 11 is 0. The molecule has 2 heteroatoms. The molecule has 0 amide bonds. The Morgan fingerprint density at radius 3 is 1.50 bits per heavy atom. The first-order valence-corrected chi connectivity index (χ1v) is 13.3. The van der Waals surface area contributed by atoms with Crippen molar-refractivity contribution < 1.29 is 0 Å². The van der Waals surface area contributed by atoms with Crippen molar-refractivity contribution in [2.45, 2.75) is 77.8 Å². The van der Waals surface area contributed by atoms with Gasteiger partial charge in [-0.05, 0) is 0 Å². The molecule has 0 saturated heterocycles. The lowest BCUT2D eigenvalue weighted by Gasteiger charge is -2.43. The summed E-state index contributed by atoms with van der Waals surface area (Å²) < 4.78 is 0. The molecule has 0 aliphatic rings. The third-order valence-corrected chi connectivity index (χ3v) is 25.7. The van der Waals surface area contributed by atoms with Crippen LogP contribution in [0.3, 0.4) is 0 Å². The average Bonchev–Trinajstić information content (AvgIpc) is 2.18. The van der Waals surface area contributed by atoms with Crippen LogP contribution in [0.15, 0.2) is 0 Å². The summed E-state index contributed by atoms with van der Waals surface area (Å²) in [7, 11) is -1.71. The Labute approximate surface area is 93.3 Å². The highest BCUT2D eigenvalue weighted by molar-refractivity contribution is 7.41. The fraction of sp³-hybridized carbons (Fsp3) is 1.00. The molecule has 0 aromatic heterocycles. The second-order valence-electron chi connectivity index (χ2n) is 5.33. The monoisotopic (exact) mass is 230 g/mol. The van der Waals surface area contributed by atoms with Gasteiger partial charge in [-0.25, -0.2) is 0 Å². The molecule has 0 N–H and O–H groups in total. The quantitative estimate of drug-likeness (QED) is 0.535. The molecule has 0 aliphatic heterocycles. The molecule has 0 spiro atoms. The second-order valence-corrected chi connectivity index (χ2v) is 21.5. The summed E-state index contributed by atoms with van der Waals surface area (Å²) in [4.78, 5) is 0. The fourth-order valence-corrected chi connectivity index (χ4v) is 19.9. The van der Waals surface area contributed by atoms with E-state index in [1.54, 1.807) is 6.04 Å². The van der Waals surface area contributed by atoms with Crippen LogP contribution in [-0.2, 0) is 0 Å². The zero-order valence-corrected chi connectivity index (χ0v) is 13.2. The Hall–Kier alpha value is 0.434. The third kappa shape index (κ3) is 2.96. The van der Waals surface area contributed by atoms with E-state index in [-0.39, 0.29) is 0 Å². The number of rotatable bonds is 7. The van der Waals surface area contributed by atoms with Crippen LogP contribution in [0.1, 0.15) is 40.5 Å². The molecule has 0 saturated carbocycles. The van der Waals surface area contributed by atoms with Crippen LogP contribution in [0.5, 0.6) is 0 Å². The summed E-state index contributed by atoms with van der Waals surface area (Å²) in [6.07, 6.45) is 2.87. The van der Waals surface area contributed by atoms with E-state index in [9.17, 15) is 0 Å². The molecule has 0 unspecified atom stereocenters. The van der Waals surface area contributed by atoms with Crippen LogP contribution in [0.2, 0.25) is 37.3 Å². The standard InChI is InChI=1S/C12H30Si2/c1-7-11-12-13(5,6)14(8-2,9-3)10-4/h7-12H2,1-6H3. The van der Waals surface area contributed by atoms with Crippen molar-refractivity contribution in [3.63, 3.8) is 0 Å². The van der Waals surface area contributed by atoms with Crippen molar-refractivity contribution in [1.29, 1.82) is 0 Å². The Balaban J connectivity index is 4.60. The topological polar surface area (TPSA) is 0 Å². The van der Waals surface area contributed by atoms with E-state index in [2.05, 4.69) is 40.8 Å². The van der Waals surface area contributed by atoms with E-state index >= 15 is 0 Å². The van der Waals surface area contributed by atoms with E-state index in [0.29, 0.717) is 0 Å². The molecule has 0 atom stereocenters. The molecule has 0 nitrogen and oxygen atoms in total. The van der Waals surface area contributed by atoms with Crippen LogP contribution in [0.4, 0.5) is 0 Å². The Morgan fingerprint density at radius 2 is 1.21 bits per heavy atom. The molecule has 0 aromatic carbocycles. The van der Waals surface area contributed by atoms with Gasteiger partial charge in [0.05, 0.1) is 0 Å². The Morgan fingerprint density at radius 1 is 0.786 bits per heavy atom. The summed E-state index contributed by atoms with van der Waals surface area (Å²) in [5, 5.41) is 0. The highest BCUT2D eigenvalue weighted by atomic mass is 29.3. The maximum atomic E-state index is 2.67. The molecule has 0 fully saturated rings. The maximum absolute atomic E-state index is 2.67. The third-order valence-electron chi connectivity index (χ3n) is 4.62. The maximum Gasteiger partial charge on any atom is 0.0465 e. The van der Waals surface area contributed by atoms with E-state index in [0.717, 1.165) is 0 Å². The smallest absolute Gasteiger partial charge is 0.0465 e. The second kappa shape index (κ2) is 6.11. The molecule has 0 aliphatic carbocycles. The van der Waals surface area contributed by atoms with E-state index in [1.807, 2.05) is 0 Å². The summed E-state index contributed by atoms with van der Waals surface area (Å²) in [6.45, 7) is 15.0. The predicted molar refractivity (Wildman–Crippen MR) is 74.4 cm³/mol. The minimum Gasteiger partial charge on any atom is -0.0713 e. The van der Waals surface area contributed by atoms with Gasteiger partial charge in [-0.1, -0.05) is 77.8 Å². The summed E-state index contributed by atoms with van der Waals surface area (Å²) in [5.41, 5.74) is 0. The highest BCUT2D eigenvalue weighted by Crippen LogP contribution is 2.34. The molecule has 0 rings (SSSR count). The van der Waals surface area contributed by atoms with Gasteiger partial charge < -0.3 is 0 Å². The van der Waals surface area contributed by atoms with Crippen LogP contribution < -0.4 is 0 Å². The van der Waals surface area contributed by atoms with Gasteiger partial charge in [-0.3, -0.25) is 0 Å². The lowest BCUT2D eigenvalue weighted by Crippen LogP contribution is -2.57. The molecule has 14 heavy (non-hydrogen) atoms. The highest BCUT2D eigenvalue weighted by Gasteiger charge is 2.43. The van der Waals surface area contributed by atoms with Crippen molar-refractivity contribution in [2.75, 3.05) is 0 Å². The molecule has 0 bridgehead atoms. The molecule has 86 valence electrons. The van der Waals surface area contributed by atoms with Gasteiger partial charge >= 0.3 is 0 Å². The Kier molecular flexibility index (Phi) is 6.30. The first-order chi connectivity index (χ1) is 6.49. The minimum absolute atomic E-state index is 0.843. The first-order valence-electron chi connectivity index (χ1n) is 6.49. The number of hydrogen-bond donors (Lipinski definition) is 0. The lowest BCUT2D eigenvalue weighted by molar-refractivity contribution is 0.870. The SMILES string of the molecule is CCCC[Si](C)(C)[Si](CC)(CC)CC. The van der Waals surface area contributed by atoms with E-state index in [4.69, 9.17) is 0 Å². The van der Waals surface area contributed by atoms with Crippen molar-refractivity contribution in [3.8, 4) is 0 Å². The fourth-order valence-electron chi connectivity index (χ4n) is 3.07. The number of unbranched alkanes of at least 4 members (excludes halogenated alkanes) is 1. The van der Waals surface area contributed by atoms with Crippen molar-refractivity contribution in [3.05, 3.63) is 0 Å². The van der Waals surface area contributed by atoms with E-state index in [1.165, 1.54) is 31.0 Å². The first kappa shape index (κ1) is 14.4. The van der Waals surface area contributed by atoms with Crippen molar-refractivity contribution >= 4 is 15.2 Å². The van der Waals surface area contributed by atoms with Crippen LogP contribution in [0, 0.1) is 0 Å². The predicted octanol–water partition coefficient (Wildman–Crippen LogP) is 5.08. The molecule has 0 radical (unpaired) electrons. The normalized spacial score (nSPS) is 13.3. The van der Waals surface area contributed by atoms with Crippen LogP contribution >= 0.6 is 0 Å². The van der Waals surface area contributed by atoms with Gasteiger partial charge in [0.25, 0.3) is 0 Å². The Bertz CT molecular complexity index is 140. The zero-order valence-electron chi connectivity index (χ0n) is 11.2. The zero-order chi connectivity index (χ0) is 11.2. The van der Waals surface area contributed by atoms with Crippen molar-refractivity contribution in [2.24, 2.45) is 0 Å². The molecular formula is C12H30Si2. The molecule has 0 heterocycles. The van der Waals surface area contributed by atoms with Crippen molar-refractivity contribution in [1.82, 2.24) is 0 Å². The van der Waals surface area contributed by atoms with Gasteiger partial charge in [0.1, 0.15) is 0 Å². The van der Waals surface area contributed by atoms with Gasteiger partial charge in [-0.15, -0.1) is 0 Å². The molecule has 0 aromatic rings. The van der Waals surface area contributed by atoms with E-state index < -0.39 is 15.2 Å². The largest absolute Gasteiger partial charge is 0.0713 e. The number of hydrogen-bond acceptors (Lipinski definition) is 0.